The van der Waals surface area contributed by atoms with Gasteiger partial charge in [-0.2, -0.15) is 0 Å². The smallest absolute Gasteiger partial charge is 0.0627 e. The zero-order valence-electron chi connectivity index (χ0n) is 8.68. The fourth-order valence-electron chi connectivity index (χ4n) is 1.60. The molecule has 0 amide bonds. The van der Waals surface area contributed by atoms with E-state index in [-0.39, 0.29) is 5.60 Å². The molecule has 1 saturated heterocycles. The Morgan fingerprint density at radius 1 is 1.50 bits per heavy atom. The molecule has 1 heterocycles. The van der Waals surface area contributed by atoms with Crippen molar-refractivity contribution in [1.82, 2.24) is 0 Å². The van der Waals surface area contributed by atoms with Crippen molar-refractivity contribution in [1.29, 1.82) is 0 Å². The van der Waals surface area contributed by atoms with Crippen molar-refractivity contribution >= 4 is 0 Å². The molecule has 1 rings (SSSR count). The monoisotopic (exact) mass is 168 g/mol. The van der Waals surface area contributed by atoms with E-state index in [1.165, 1.54) is 18.4 Å². The number of ether oxygens (including phenoxy) is 1. The second kappa shape index (κ2) is 3.61. The third-order valence-electron chi connectivity index (χ3n) is 2.87. The highest BCUT2D eigenvalue weighted by molar-refractivity contribution is 5.03. The zero-order valence-corrected chi connectivity index (χ0v) is 8.68. The van der Waals surface area contributed by atoms with Crippen LogP contribution in [0.4, 0.5) is 0 Å². The normalized spacial score (nSPS) is 30.3. The summed E-state index contributed by atoms with van der Waals surface area (Å²) < 4.78 is 5.76. The standard InChI is InChI=1S/C11H20O/c1-5-9(2)10-6-7-11(3,4)12-8-10/h5,10H,6-8H2,1-4H3. The summed E-state index contributed by atoms with van der Waals surface area (Å²) in [6.45, 7) is 9.56. The minimum atomic E-state index is 0.116. The summed E-state index contributed by atoms with van der Waals surface area (Å²) in [5, 5.41) is 0. The van der Waals surface area contributed by atoms with Crippen molar-refractivity contribution in [2.75, 3.05) is 6.61 Å². The lowest BCUT2D eigenvalue weighted by molar-refractivity contribution is -0.0692. The van der Waals surface area contributed by atoms with Crippen LogP contribution < -0.4 is 0 Å². The van der Waals surface area contributed by atoms with Gasteiger partial charge in [0, 0.05) is 5.92 Å². The summed E-state index contributed by atoms with van der Waals surface area (Å²) in [4.78, 5) is 0. The fraction of sp³-hybridized carbons (Fsp3) is 0.818. The molecule has 0 aliphatic carbocycles. The van der Waals surface area contributed by atoms with Gasteiger partial charge in [0.05, 0.1) is 12.2 Å². The quantitative estimate of drug-likeness (QED) is 0.546. The molecule has 0 aromatic heterocycles. The lowest BCUT2D eigenvalue weighted by atomic mass is 9.87. The van der Waals surface area contributed by atoms with E-state index in [4.69, 9.17) is 4.74 Å². The summed E-state index contributed by atoms with van der Waals surface area (Å²) in [7, 11) is 0. The van der Waals surface area contributed by atoms with Crippen LogP contribution in [0, 0.1) is 5.92 Å². The highest BCUT2D eigenvalue weighted by atomic mass is 16.5. The van der Waals surface area contributed by atoms with Crippen molar-refractivity contribution in [3.8, 4) is 0 Å². The highest BCUT2D eigenvalue weighted by Crippen LogP contribution is 2.30. The maximum atomic E-state index is 5.76. The maximum Gasteiger partial charge on any atom is 0.0627 e. The Hall–Kier alpha value is -0.300. The van der Waals surface area contributed by atoms with E-state index in [1.54, 1.807) is 0 Å². The Bertz CT molecular complexity index is 169. The van der Waals surface area contributed by atoms with Crippen molar-refractivity contribution < 1.29 is 4.74 Å². The lowest BCUT2D eigenvalue weighted by Gasteiger charge is -2.35. The van der Waals surface area contributed by atoms with Crippen molar-refractivity contribution in [2.45, 2.75) is 46.1 Å². The SMILES string of the molecule is CC=C(C)C1CCC(C)(C)OC1. The Labute approximate surface area is 75.8 Å². The van der Waals surface area contributed by atoms with E-state index >= 15 is 0 Å². The summed E-state index contributed by atoms with van der Waals surface area (Å²) in [6, 6.07) is 0. The molecule has 70 valence electrons. The van der Waals surface area contributed by atoms with Gasteiger partial charge in [-0.3, -0.25) is 0 Å². The first-order valence-electron chi connectivity index (χ1n) is 4.82. The molecule has 0 bridgehead atoms. The molecular weight excluding hydrogens is 148 g/mol. The molecular formula is C11H20O. The van der Waals surface area contributed by atoms with Gasteiger partial charge in [-0.05, 0) is 40.5 Å². The Kier molecular flexibility index (Phi) is 2.94. The minimum absolute atomic E-state index is 0.116. The predicted molar refractivity (Wildman–Crippen MR) is 52.2 cm³/mol. The third-order valence-corrected chi connectivity index (χ3v) is 2.87. The summed E-state index contributed by atoms with van der Waals surface area (Å²) in [5.74, 6) is 0.669. The molecule has 0 aromatic carbocycles. The van der Waals surface area contributed by atoms with Crippen LogP contribution in [0.3, 0.4) is 0 Å². The average molecular weight is 168 g/mol. The second-order valence-corrected chi connectivity index (χ2v) is 4.34. The number of rotatable bonds is 1. The molecule has 1 nitrogen and oxygen atoms in total. The number of hydrogen-bond donors (Lipinski definition) is 0. The Morgan fingerprint density at radius 2 is 2.17 bits per heavy atom. The number of allylic oxidation sites excluding steroid dienone is 1. The van der Waals surface area contributed by atoms with E-state index in [1.807, 2.05) is 0 Å². The predicted octanol–water partition coefficient (Wildman–Crippen LogP) is 3.16. The molecule has 0 radical (unpaired) electrons. The van der Waals surface area contributed by atoms with Crippen LogP contribution in [0.5, 0.6) is 0 Å². The molecule has 1 unspecified atom stereocenters. The molecule has 1 aliphatic rings. The highest BCUT2D eigenvalue weighted by Gasteiger charge is 2.27. The molecule has 0 aromatic rings. The van der Waals surface area contributed by atoms with Gasteiger partial charge in [-0.25, -0.2) is 0 Å². The Balaban J connectivity index is 2.47. The van der Waals surface area contributed by atoms with Crippen LogP contribution in [0.1, 0.15) is 40.5 Å². The van der Waals surface area contributed by atoms with Crippen LogP contribution >= 0.6 is 0 Å². The number of hydrogen-bond acceptors (Lipinski definition) is 1. The van der Waals surface area contributed by atoms with Gasteiger partial charge < -0.3 is 4.74 Å². The summed E-state index contributed by atoms with van der Waals surface area (Å²) in [5.41, 5.74) is 1.59. The summed E-state index contributed by atoms with van der Waals surface area (Å²) in [6.07, 6.45) is 4.67. The molecule has 0 N–H and O–H groups in total. The first-order valence-corrected chi connectivity index (χ1v) is 4.82. The van der Waals surface area contributed by atoms with Gasteiger partial charge in [0.1, 0.15) is 0 Å². The van der Waals surface area contributed by atoms with Gasteiger partial charge in [0.15, 0.2) is 0 Å². The van der Waals surface area contributed by atoms with Gasteiger partial charge in [-0.1, -0.05) is 11.6 Å². The van der Waals surface area contributed by atoms with E-state index in [9.17, 15) is 0 Å². The van der Waals surface area contributed by atoms with Crippen LogP contribution in [0.2, 0.25) is 0 Å². The largest absolute Gasteiger partial charge is 0.375 e. The topological polar surface area (TPSA) is 9.23 Å². The van der Waals surface area contributed by atoms with Gasteiger partial charge in [0.2, 0.25) is 0 Å². The maximum absolute atomic E-state index is 5.76. The zero-order chi connectivity index (χ0) is 9.19. The van der Waals surface area contributed by atoms with E-state index < -0.39 is 0 Å². The minimum Gasteiger partial charge on any atom is -0.375 e. The average Bonchev–Trinajstić information content (AvgIpc) is 2.03. The van der Waals surface area contributed by atoms with Crippen LogP contribution in [-0.2, 0) is 4.74 Å². The van der Waals surface area contributed by atoms with Gasteiger partial charge >= 0.3 is 0 Å². The molecule has 12 heavy (non-hydrogen) atoms. The van der Waals surface area contributed by atoms with E-state index in [2.05, 4.69) is 33.8 Å². The summed E-state index contributed by atoms with van der Waals surface area (Å²) >= 11 is 0. The molecule has 1 fully saturated rings. The molecule has 0 spiro atoms. The molecule has 0 saturated carbocycles. The van der Waals surface area contributed by atoms with Gasteiger partial charge in [-0.15, -0.1) is 0 Å². The molecule has 1 atom stereocenters. The van der Waals surface area contributed by atoms with Crippen LogP contribution in [-0.4, -0.2) is 12.2 Å². The van der Waals surface area contributed by atoms with Crippen molar-refractivity contribution in [3.63, 3.8) is 0 Å². The third kappa shape index (κ3) is 2.34. The van der Waals surface area contributed by atoms with Crippen molar-refractivity contribution in [2.24, 2.45) is 5.92 Å². The Morgan fingerprint density at radius 3 is 2.58 bits per heavy atom. The second-order valence-electron chi connectivity index (χ2n) is 4.34. The first-order chi connectivity index (χ1) is 5.55. The van der Waals surface area contributed by atoms with Gasteiger partial charge in [0.25, 0.3) is 0 Å². The molecule has 1 aliphatic heterocycles. The van der Waals surface area contributed by atoms with E-state index in [0.29, 0.717) is 5.92 Å². The van der Waals surface area contributed by atoms with E-state index in [0.717, 1.165) is 6.61 Å². The van der Waals surface area contributed by atoms with Crippen LogP contribution in [0.15, 0.2) is 11.6 Å². The van der Waals surface area contributed by atoms with Crippen LogP contribution in [0.25, 0.3) is 0 Å². The first kappa shape index (κ1) is 9.79. The lowest BCUT2D eigenvalue weighted by Crippen LogP contribution is -2.33. The van der Waals surface area contributed by atoms with Crippen molar-refractivity contribution in [3.05, 3.63) is 11.6 Å². The fourth-order valence-corrected chi connectivity index (χ4v) is 1.60. The molecule has 1 heteroatoms.